The number of para-hydroxylation sites is 1. The Morgan fingerprint density at radius 3 is 2.09 bits per heavy atom. The van der Waals surface area contributed by atoms with E-state index < -0.39 is 28.5 Å². The molecule has 1 aliphatic carbocycles. The Balaban J connectivity index is 1.58. The van der Waals surface area contributed by atoms with Crippen LogP contribution in [0.3, 0.4) is 0 Å². The van der Waals surface area contributed by atoms with Crippen molar-refractivity contribution in [3.63, 3.8) is 0 Å². The molecule has 9 heteroatoms. The normalized spacial score (nSPS) is 14.3. The molecule has 4 aromatic rings. The number of carbonyl (C=O) groups excluding carboxylic acids is 2. The van der Waals surface area contributed by atoms with Gasteiger partial charge in [0.2, 0.25) is 11.8 Å². The van der Waals surface area contributed by atoms with Crippen molar-refractivity contribution in [1.82, 2.24) is 10.2 Å². The fourth-order valence-electron chi connectivity index (χ4n) is 6.16. The average molecular weight is 672 g/mol. The summed E-state index contributed by atoms with van der Waals surface area (Å²) in [6, 6.07) is 29.5. The number of aryl methyl sites for hydroxylation is 2. The van der Waals surface area contributed by atoms with Crippen molar-refractivity contribution in [2.75, 3.05) is 10.8 Å². The number of benzene rings is 4. The van der Waals surface area contributed by atoms with Crippen molar-refractivity contribution in [2.24, 2.45) is 0 Å². The Morgan fingerprint density at radius 2 is 1.43 bits per heavy atom. The van der Waals surface area contributed by atoms with Crippen LogP contribution < -0.4 is 9.62 Å². The van der Waals surface area contributed by atoms with E-state index in [4.69, 9.17) is 11.6 Å². The number of hydrogen-bond acceptors (Lipinski definition) is 4. The highest BCUT2D eigenvalue weighted by molar-refractivity contribution is 7.92. The van der Waals surface area contributed by atoms with Crippen molar-refractivity contribution < 1.29 is 18.0 Å². The zero-order chi connectivity index (χ0) is 33.4. The SMILES string of the molecule is Cc1ccccc1CN(C(=O)CN(c1ccccc1C)S(=O)(=O)c1ccc(Cl)cc1)[C@H](Cc1ccccc1)C(=O)NC1CCCCC1. The van der Waals surface area contributed by atoms with E-state index in [9.17, 15) is 18.0 Å². The fourth-order valence-corrected chi connectivity index (χ4v) is 7.76. The van der Waals surface area contributed by atoms with Crippen LogP contribution in [0.1, 0.15) is 54.4 Å². The minimum atomic E-state index is -4.20. The van der Waals surface area contributed by atoms with E-state index in [0.29, 0.717) is 16.3 Å². The van der Waals surface area contributed by atoms with E-state index in [-0.39, 0.29) is 29.8 Å². The van der Waals surface area contributed by atoms with Gasteiger partial charge in [-0.2, -0.15) is 0 Å². The van der Waals surface area contributed by atoms with Crippen LogP contribution in [0.25, 0.3) is 0 Å². The van der Waals surface area contributed by atoms with Gasteiger partial charge in [-0.1, -0.05) is 104 Å². The smallest absolute Gasteiger partial charge is 0.264 e. The molecule has 246 valence electrons. The molecular formula is C38H42ClN3O4S. The molecule has 1 fully saturated rings. The average Bonchev–Trinajstić information content (AvgIpc) is 3.07. The number of hydrogen-bond donors (Lipinski definition) is 1. The first-order valence-corrected chi connectivity index (χ1v) is 18.0. The first-order valence-electron chi connectivity index (χ1n) is 16.2. The standard InChI is InChI=1S/C38H42ClN3O4S/c1-28-13-9-11-17-31(28)26-41(36(25-30-15-5-3-6-16-30)38(44)40-33-18-7-4-8-19-33)37(43)27-42(35-20-12-10-14-29(35)2)47(45,46)34-23-21-32(39)22-24-34/h3,5-6,9-17,20-24,33,36H,4,7-8,18-19,25-27H2,1-2H3,(H,40,44)/t36-/m1/s1. The van der Waals surface area contributed by atoms with Gasteiger partial charge < -0.3 is 10.2 Å². The topological polar surface area (TPSA) is 86.8 Å². The van der Waals surface area contributed by atoms with Gasteiger partial charge in [-0.15, -0.1) is 0 Å². The molecule has 1 N–H and O–H groups in total. The van der Waals surface area contributed by atoms with E-state index in [0.717, 1.165) is 53.1 Å². The van der Waals surface area contributed by atoms with E-state index in [1.54, 1.807) is 17.0 Å². The molecule has 0 saturated heterocycles. The predicted molar refractivity (Wildman–Crippen MR) is 188 cm³/mol. The molecule has 0 bridgehead atoms. The zero-order valence-corrected chi connectivity index (χ0v) is 28.5. The number of sulfonamides is 1. The van der Waals surface area contributed by atoms with Crippen LogP contribution in [0.4, 0.5) is 5.69 Å². The van der Waals surface area contributed by atoms with Gasteiger partial charge in [0.1, 0.15) is 12.6 Å². The summed E-state index contributed by atoms with van der Waals surface area (Å²) in [6.45, 7) is 3.43. The minimum absolute atomic E-state index is 0.0132. The largest absolute Gasteiger partial charge is 0.352 e. The molecule has 2 amide bonds. The monoisotopic (exact) mass is 671 g/mol. The van der Waals surface area contributed by atoms with Gasteiger partial charge in [-0.05, 0) is 79.3 Å². The number of anilines is 1. The van der Waals surface area contributed by atoms with Crippen LogP contribution in [0.5, 0.6) is 0 Å². The number of nitrogens with zero attached hydrogens (tertiary/aromatic N) is 2. The summed E-state index contributed by atoms with van der Waals surface area (Å²) < 4.78 is 29.7. The third-order valence-corrected chi connectivity index (χ3v) is 10.9. The fraction of sp³-hybridized carbons (Fsp3) is 0.316. The van der Waals surface area contributed by atoms with Gasteiger partial charge in [-0.3, -0.25) is 13.9 Å². The lowest BCUT2D eigenvalue weighted by Crippen LogP contribution is -2.55. The molecule has 1 atom stereocenters. The summed E-state index contributed by atoms with van der Waals surface area (Å²) >= 11 is 6.09. The predicted octanol–water partition coefficient (Wildman–Crippen LogP) is 7.24. The molecule has 1 aliphatic rings. The minimum Gasteiger partial charge on any atom is -0.352 e. The summed E-state index contributed by atoms with van der Waals surface area (Å²) in [5.74, 6) is -0.709. The highest BCUT2D eigenvalue weighted by Crippen LogP contribution is 2.29. The van der Waals surface area contributed by atoms with Crippen molar-refractivity contribution in [1.29, 1.82) is 0 Å². The second kappa shape index (κ2) is 15.6. The molecule has 0 spiro atoms. The van der Waals surface area contributed by atoms with E-state index in [1.807, 2.05) is 80.6 Å². The molecule has 0 aliphatic heterocycles. The van der Waals surface area contributed by atoms with Crippen molar-refractivity contribution in [3.05, 3.63) is 130 Å². The quantitative estimate of drug-likeness (QED) is 0.172. The Morgan fingerprint density at radius 1 is 0.809 bits per heavy atom. The summed E-state index contributed by atoms with van der Waals surface area (Å²) in [4.78, 5) is 30.6. The molecule has 7 nitrogen and oxygen atoms in total. The van der Waals surface area contributed by atoms with Crippen molar-refractivity contribution >= 4 is 39.1 Å². The Labute approximate surface area is 283 Å². The lowest BCUT2D eigenvalue weighted by Gasteiger charge is -2.35. The molecule has 47 heavy (non-hydrogen) atoms. The molecule has 5 rings (SSSR count). The molecule has 0 unspecified atom stereocenters. The van der Waals surface area contributed by atoms with Gasteiger partial charge >= 0.3 is 0 Å². The second-order valence-electron chi connectivity index (χ2n) is 12.2. The number of halogens is 1. The van der Waals surface area contributed by atoms with Crippen LogP contribution >= 0.6 is 11.6 Å². The molecule has 0 radical (unpaired) electrons. The Kier molecular flexibility index (Phi) is 11.4. The first kappa shape index (κ1) is 34.2. The second-order valence-corrected chi connectivity index (χ2v) is 14.5. The van der Waals surface area contributed by atoms with Crippen LogP contribution in [0.2, 0.25) is 5.02 Å². The molecule has 1 saturated carbocycles. The molecular weight excluding hydrogens is 630 g/mol. The molecule has 0 heterocycles. The van der Waals surface area contributed by atoms with Crippen molar-refractivity contribution in [2.45, 2.75) is 75.9 Å². The summed E-state index contributed by atoms with van der Waals surface area (Å²) in [7, 11) is -4.20. The van der Waals surface area contributed by atoms with Crippen LogP contribution in [-0.4, -0.2) is 43.8 Å². The summed E-state index contributed by atoms with van der Waals surface area (Å²) in [6.07, 6.45) is 5.33. The molecule has 0 aromatic heterocycles. The highest BCUT2D eigenvalue weighted by Gasteiger charge is 2.36. The number of amides is 2. The lowest BCUT2D eigenvalue weighted by molar-refractivity contribution is -0.140. The third-order valence-electron chi connectivity index (χ3n) is 8.89. The van der Waals surface area contributed by atoms with Gasteiger partial charge in [0.05, 0.1) is 10.6 Å². The maximum Gasteiger partial charge on any atom is 0.264 e. The maximum atomic E-state index is 14.7. The van der Waals surface area contributed by atoms with E-state index in [1.165, 1.54) is 24.3 Å². The van der Waals surface area contributed by atoms with Gasteiger partial charge in [0.25, 0.3) is 10.0 Å². The van der Waals surface area contributed by atoms with Gasteiger partial charge in [0.15, 0.2) is 0 Å². The summed E-state index contributed by atoms with van der Waals surface area (Å²) in [5, 5.41) is 3.66. The summed E-state index contributed by atoms with van der Waals surface area (Å²) in [5.41, 5.74) is 3.84. The number of carbonyl (C=O) groups is 2. The van der Waals surface area contributed by atoms with E-state index in [2.05, 4.69) is 5.32 Å². The van der Waals surface area contributed by atoms with Crippen molar-refractivity contribution in [3.8, 4) is 0 Å². The highest BCUT2D eigenvalue weighted by atomic mass is 35.5. The Bertz CT molecular complexity index is 1770. The number of nitrogens with one attached hydrogen (secondary N) is 1. The maximum absolute atomic E-state index is 14.7. The van der Waals surface area contributed by atoms with Gasteiger partial charge in [-0.25, -0.2) is 8.42 Å². The lowest BCUT2D eigenvalue weighted by atomic mass is 9.94. The van der Waals surface area contributed by atoms with E-state index >= 15 is 0 Å². The first-order chi connectivity index (χ1) is 22.6. The third kappa shape index (κ3) is 8.62. The Hall–Kier alpha value is -4.14. The van der Waals surface area contributed by atoms with Crippen LogP contribution in [-0.2, 0) is 32.6 Å². The number of rotatable bonds is 12. The zero-order valence-electron chi connectivity index (χ0n) is 26.9. The van der Waals surface area contributed by atoms with Crippen LogP contribution in [0.15, 0.2) is 108 Å². The van der Waals surface area contributed by atoms with Crippen LogP contribution in [0, 0.1) is 13.8 Å². The molecule has 4 aromatic carbocycles. The van der Waals surface area contributed by atoms with Gasteiger partial charge in [0, 0.05) is 24.0 Å².